The van der Waals surface area contributed by atoms with E-state index >= 15 is 0 Å². The first-order chi connectivity index (χ1) is 10.8. The predicted molar refractivity (Wildman–Crippen MR) is 88.9 cm³/mol. The lowest BCUT2D eigenvalue weighted by molar-refractivity contribution is 0.0923. The number of rotatable bonds is 2. The SMILES string of the molecule is O=C(NC1CCCCC1)c1csc(C#Cc2ccccc2)n1. The van der Waals surface area contributed by atoms with Gasteiger partial charge < -0.3 is 5.32 Å². The number of nitrogens with one attached hydrogen (secondary N) is 1. The van der Waals surface area contributed by atoms with Crippen LogP contribution in [0.25, 0.3) is 0 Å². The molecular weight excluding hydrogens is 292 g/mol. The third-order valence-electron chi connectivity index (χ3n) is 3.76. The van der Waals surface area contributed by atoms with Crippen LogP contribution >= 0.6 is 11.3 Å². The van der Waals surface area contributed by atoms with E-state index in [0.717, 1.165) is 18.4 Å². The summed E-state index contributed by atoms with van der Waals surface area (Å²) in [4.78, 5) is 16.5. The number of nitrogens with zero attached hydrogens (tertiary/aromatic N) is 1. The predicted octanol–water partition coefficient (Wildman–Crippen LogP) is 3.61. The summed E-state index contributed by atoms with van der Waals surface area (Å²) in [6.45, 7) is 0. The van der Waals surface area contributed by atoms with Crippen LogP contribution in [0.1, 0.15) is 53.2 Å². The molecule has 1 aromatic heterocycles. The Bertz CT molecular complexity index is 691. The molecule has 1 aromatic carbocycles. The molecule has 1 aliphatic carbocycles. The van der Waals surface area contributed by atoms with Gasteiger partial charge in [-0.1, -0.05) is 43.4 Å². The van der Waals surface area contributed by atoms with E-state index in [0.29, 0.717) is 16.7 Å². The molecule has 0 aliphatic heterocycles. The first-order valence-corrected chi connectivity index (χ1v) is 8.53. The molecule has 3 rings (SSSR count). The van der Waals surface area contributed by atoms with E-state index in [4.69, 9.17) is 0 Å². The third kappa shape index (κ3) is 3.96. The summed E-state index contributed by atoms with van der Waals surface area (Å²) < 4.78 is 0. The van der Waals surface area contributed by atoms with Crippen molar-refractivity contribution in [1.29, 1.82) is 0 Å². The molecule has 22 heavy (non-hydrogen) atoms. The highest BCUT2D eigenvalue weighted by Crippen LogP contribution is 2.18. The van der Waals surface area contributed by atoms with Gasteiger partial charge in [0.25, 0.3) is 5.91 Å². The average Bonchev–Trinajstić information content (AvgIpc) is 3.04. The van der Waals surface area contributed by atoms with Crippen molar-refractivity contribution in [3.8, 4) is 11.8 Å². The summed E-state index contributed by atoms with van der Waals surface area (Å²) in [5.41, 5.74) is 1.43. The van der Waals surface area contributed by atoms with Crippen LogP contribution in [0, 0.1) is 11.8 Å². The van der Waals surface area contributed by atoms with Crippen LogP contribution in [0.15, 0.2) is 35.7 Å². The number of hydrogen-bond acceptors (Lipinski definition) is 3. The highest BCUT2D eigenvalue weighted by molar-refractivity contribution is 7.10. The molecule has 0 spiro atoms. The molecule has 3 nitrogen and oxygen atoms in total. The van der Waals surface area contributed by atoms with Crippen LogP contribution in [0.4, 0.5) is 0 Å². The first kappa shape index (κ1) is 14.8. The molecule has 2 aromatic rings. The summed E-state index contributed by atoms with van der Waals surface area (Å²) in [5, 5.41) is 5.54. The molecule has 1 aliphatic rings. The zero-order valence-corrected chi connectivity index (χ0v) is 13.2. The minimum atomic E-state index is -0.0732. The number of carbonyl (C=O) groups excluding carboxylic acids is 1. The van der Waals surface area contributed by atoms with Gasteiger partial charge in [0.05, 0.1) is 0 Å². The standard InChI is InChI=1S/C18H18N2OS/c21-18(19-15-9-5-2-6-10-15)16-13-22-17(20-16)12-11-14-7-3-1-4-8-14/h1,3-4,7-8,13,15H,2,5-6,9-10H2,(H,19,21). The monoisotopic (exact) mass is 310 g/mol. The molecule has 1 N–H and O–H groups in total. The van der Waals surface area contributed by atoms with Crippen molar-refractivity contribution in [3.63, 3.8) is 0 Å². The number of benzene rings is 1. The largest absolute Gasteiger partial charge is 0.348 e. The zero-order valence-electron chi connectivity index (χ0n) is 12.3. The summed E-state index contributed by atoms with van der Waals surface area (Å²) in [7, 11) is 0. The van der Waals surface area contributed by atoms with Gasteiger partial charge >= 0.3 is 0 Å². The quantitative estimate of drug-likeness (QED) is 0.861. The summed E-state index contributed by atoms with van der Waals surface area (Å²) in [6, 6.07) is 10.1. The Morgan fingerprint density at radius 1 is 1.14 bits per heavy atom. The topological polar surface area (TPSA) is 42.0 Å². The van der Waals surface area contributed by atoms with Crippen LogP contribution in [0.3, 0.4) is 0 Å². The minimum absolute atomic E-state index is 0.0732. The maximum Gasteiger partial charge on any atom is 0.271 e. The molecule has 1 amide bonds. The van der Waals surface area contributed by atoms with Gasteiger partial charge in [0, 0.05) is 17.0 Å². The van der Waals surface area contributed by atoms with Gasteiger partial charge in [-0.15, -0.1) is 11.3 Å². The van der Waals surface area contributed by atoms with E-state index in [9.17, 15) is 4.79 Å². The van der Waals surface area contributed by atoms with Gasteiger partial charge in [-0.3, -0.25) is 4.79 Å². The molecule has 0 unspecified atom stereocenters. The molecule has 4 heteroatoms. The van der Waals surface area contributed by atoms with Crippen LogP contribution in [-0.2, 0) is 0 Å². The van der Waals surface area contributed by atoms with Crippen molar-refractivity contribution in [2.24, 2.45) is 0 Å². The van der Waals surface area contributed by atoms with E-state index in [2.05, 4.69) is 22.1 Å². The van der Waals surface area contributed by atoms with Crippen molar-refractivity contribution >= 4 is 17.2 Å². The Hall–Kier alpha value is -2.12. The molecule has 0 atom stereocenters. The maximum atomic E-state index is 12.2. The van der Waals surface area contributed by atoms with Gasteiger partial charge in [0.1, 0.15) is 5.69 Å². The molecular formula is C18H18N2OS. The smallest absolute Gasteiger partial charge is 0.271 e. The maximum absolute atomic E-state index is 12.2. The number of aromatic nitrogens is 1. The van der Waals surface area contributed by atoms with Gasteiger partial charge in [-0.2, -0.15) is 0 Å². The highest BCUT2D eigenvalue weighted by Gasteiger charge is 2.18. The van der Waals surface area contributed by atoms with Gasteiger partial charge in [0.15, 0.2) is 5.01 Å². The summed E-state index contributed by atoms with van der Waals surface area (Å²) in [6.07, 6.45) is 5.85. The van der Waals surface area contributed by atoms with Crippen molar-refractivity contribution in [2.45, 2.75) is 38.1 Å². The van der Waals surface area contributed by atoms with E-state index in [-0.39, 0.29) is 5.91 Å². The summed E-state index contributed by atoms with van der Waals surface area (Å²) in [5.74, 6) is 6.00. The van der Waals surface area contributed by atoms with Gasteiger partial charge in [-0.25, -0.2) is 4.98 Å². The highest BCUT2D eigenvalue weighted by atomic mass is 32.1. The molecule has 1 fully saturated rings. The Morgan fingerprint density at radius 2 is 1.91 bits per heavy atom. The lowest BCUT2D eigenvalue weighted by Crippen LogP contribution is -2.36. The number of hydrogen-bond donors (Lipinski definition) is 1. The molecule has 1 saturated carbocycles. The van der Waals surface area contributed by atoms with Crippen LogP contribution in [0.5, 0.6) is 0 Å². The van der Waals surface area contributed by atoms with Crippen LogP contribution < -0.4 is 5.32 Å². The van der Waals surface area contributed by atoms with E-state index < -0.39 is 0 Å². The van der Waals surface area contributed by atoms with E-state index in [1.54, 1.807) is 5.38 Å². The lowest BCUT2D eigenvalue weighted by Gasteiger charge is -2.22. The fourth-order valence-corrected chi connectivity index (χ4v) is 3.23. The molecule has 1 heterocycles. The van der Waals surface area contributed by atoms with Crippen molar-refractivity contribution in [3.05, 3.63) is 52.0 Å². The second kappa shape index (κ2) is 7.24. The molecule has 112 valence electrons. The van der Waals surface area contributed by atoms with Crippen molar-refractivity contribution in [1.82, 2.24) is 10.3 Å². The molecule has 0 bridgehead atoms. The van der Waals surface area contributed by atoms with E-state index in [1.165, 1.54) is 30.6 Å². The van der Waals surface area contributed by atoms with E-state index in [1.807, 2.05) is 30.3 Å². The molecule has 0 saturated heterocycles. The zero-order chi connectivity index (χ0) is 15.2. The third-order valence-corrected chi connectivity index (χ3v) is 4.52. The minimum Gasteiger partial charge on any atom is -0.348 e. The van der Waals surface area contributed by atoms with Crippen LogP contribution in [-0.4, -0.2) is 16.9 Å². The number of amides is 1. The fourth-order valence-electron chi connectivity index (χ4n) is 2.59. The Kier molecular flexibility index (Phi) is 4.87. The number of carbonyl (C=O) groups is 1. The van der Waals surface area contributed by atoms with Crippen molar-refractivity contribution in [2.75, 3.05) is 0 Å². The number of thiazole rings is 1. The normalized spacial score (nSPS) is 14.9. The second-order valence-corrected chi connectivity index (χ2v) is 6.32. The second-order valence-electron chi connectivity index (χ2n) is 5.46. The van der Waals surface area contributed by atoms with Crippen LogP contribution in [0.2, 0.25) is 0 Å². The average molecular weight is 310 g/mol. The Labute approximate surface area is 134 Å². The Morgan fingerprint density at radius 3 is 2.68 bits per heavy atom. The van der Waals surface area contributed by atoms with Crippen molar-refractivity contribution < 1.29 is 4.79 Å². The van der Waals surface area contributed by atoms with Gasteiger partial charge in [-0.05, 0) is 30.9 Å². The summed E-state index contributed by atoms with van der Waals surface area (Å²) >= 11 is 1.41. The Balaban J connectivity index is 1.63. The fraction of sp³-hybridized carbons (Fsp3) is 0.333. The lowest BCUT2D eigenvalue weighted by atomic mass is 9.95. The molecule has 0 radical (unpaired) electrons. The first-order valence-electron chi connectivity index (χ1n) is 7.65. The van der Waals surface area contributed by atoms with Gasteiger partial charge in [0.2, 0.25) is 0 Å².